The number of nitrogens with one attached hydrogen (secondary N) is 1. The molecule has 3 rings (SSSR count). The van der Waals surface area contributed by atoms with Gasteiger partial charge >= 0.3 is 0 Å². The third kappa shape index (κ3) is 3.65. The molecule has 0 aromatic heterocycles. The number of amides is 2. The highest BCUT2D eigenvalue weighted by Crippen LogP contribution is 2.21. The molecule has 2 aliphatic heterocycles. The largest absolute Gasteiger partial charge is 0.376 e. The van der Waals surface area contributed by atoms with Crippen LogP contribution in [0.25, 0.3) is 0 Å². The normalized spacial score (nSPS) is 24.7. The standard InChI is InChI=1S/C17H22N2O3/c20-16-9-14(11-19(16)12-15-7-4-8-22-15)17(21)18-10-13-5-2-1-3-6-13/h1-3,5-6,14-15H,4,7-12H2,(H,18,21). The molecule has 2 unspecified atom stereocenters. The van der Waals surface area contributed by atoms with E-state index < -0.39 is 0 Å². The van der Waals surface area contributed by atoms with E-state index in [4.69, 9.17) is 4.74 Å². The van der Waals surface area contributed by atoms with Gasteiger partial charge in [-0.3, -0.25) is 9.59 Å². The molecule has 2 atom stereocenters. The van der Waals surface area contributed by atoms with E-state index in [0.29, 0.717) is 26.1 Å². The number of rotatable bonds is 5. The lowest BCUT2D eigenvalue weighted by molar-refractivity contribution is -0.129. The van der Waals surface area contributed by atoms with E-state index >= 15 is 0 Å². The van der Waals surface area contributed by atoms with Gasteiger partial charge in [-0.15, -0.1) is 0 Å². The maximum Gasteiger partial charge on any atom is 0.225 e. The smallest absolute Gasteiger partial charge is 0.225 e. The monoisotopic (exact) mass is 302 g/mol. The van der Waals surface area contributed by atoms with Crippen molar-refractivity contribution in [3.05, 3.63) is 35.9 Å². The van der Waals surface area contributed by atoms with Crippen LogP contribution in [0.15, 0.2) is 30.3 Å². The van der Waals surface area contributed by atoms with Gasteiger partial charge in [0.1, 0.15) is 0 Å². The van der Waals surface area contributed by atoms with E-state index in [1.165, 1.54) is 0 Å². The topological polar surface area (TPSA) is 58.6 Å². The van der Waals surface area contributed by atoms with Crippen LogP contribution in [0, 0.1) is 5.92 Å². The van der Waals surface area contributed by atoms with E-state index in [1.54, 1.807) is 4.90 Å². The summed E-state index contributed by atoms with van der Waals surface area (Å²) < 4.78 is 5.57. The Labute approximate surface area is 130 Å². The number of carbonyl (C=O) groups is 2. The molecule has 0 saturated carbocycles. The SMILES string of the molecule is O=C(NCc1ccccc1)C1CC(=O)N(CC2CCCO2)C1. The number of likely N-dealkylation sites (tertiary alicyclic amines) is 1. The predicted octanol–water partition coefficient (Wildman–Crippen LogP) is 1.33. The van der Waals surface area contributed by atoms with Crippen LogP contribution in [0.5, 0.6) is 0 Å². The maximum absolute atomic E-state index is 12.2. The summed E-state index contributed by atoms with van der Waals surface area (Å²) in [7, 11) is 0. The summed E-state index contributed by atoms with van der Waals surface area (Å²) in [6, 6.07) is 9.80. The number of carbonyl (C=O) groups excluding carboxylic acids is 2. The quantitative estimate of drug-likeness (QED) is 0.893. The molecule has 0 bridgehead atoms. The Hall–Kier alpha value is -1.88. The molecule has 0 radical (unpaired) electrons. The molecule has 0 aliphatic carbocycles. The van der Waals surface area contributed by atoms with Crippen LogP contribution in [0.2, 0.25) is 0 Å². The Balaban J connectivity index is 1.48. The molecule has 5 nitrogen and oxygen atoms in total. The van der Waals surface area contributed by atoms with Crippen molar-refractivity contribution in [2.45, 2.75) is 31.9 Å². The molecule has 2 amide bonds. The fourth-order valence-electron chi connectivity index (χ4n) is 3.09. The van der Waals surface area contributed by atoms with E-state index in [2.05, 4.69) is 5.32 Å². The van der Waals surface area contributed by atoms with Crippen LogP contribution < -0.4 is 5.32 Å². The van der Waals surface area contributed by atoms with Gasteiger partial charge in [0.2, 0.25) is 11.8 Å². The molecule has 1 aromatic rings. The minimum absolute atomic E-state index is 0.0351. The Morgan fingerprint density at radius 3 is 2.86 bits per heavy atom. The zero-order valence-corrected chi connectivity index (χ0v) is 12.7. The summed E-state index contributed by atoms with van der Waals surface area (Å²) >= 11 is 0. The number of benzene rings is 1. The summed E-state index contributed by atoms with van der Waals surface area (Å²) in [5, 5.41) is 2.93. The van der Waals surface area contributed by atoms with Crippen molar-refractivity contribution in [1.29, 1.82) is 0 Å². The zero-order chi connectivity index (χ0) is 15.4. The lowest BCUT2D eigenvalue weighted by atomic mass is 10.1. The molecule has 2 fully saturated rings. The van der Waals surface area contributed by atoms with Crippen LogP contribution in [0.3, 0.4) is 0 Å². The molecule has 2 aliphatic rings. The molecule has 0 spiro atoms. The van der Waals surface area contributed by atoms with Gasteiger partial charge < -0.3 is 15.0 Å². The first-order valence-electron chi connectivity index (χ1n) is 7.93. The summed E-state index contributed by atoms with van der Waals surface area (Å²) in [6.07, 6.45) is 2.53. The number of hydrogen-bond donors (Lipinski definition) is 1. The van der Waals surface area contributed by atoms with E-state index in [1.807, 2.05) is 30.3 Å². The van der Waals surface area contributed by atoms with Crippen molar-refractivity contribution < 1.29 is 14.3 Å². The number of nitrogens with zero attached hydrogens (tertiary/aromatic N) is 1. The summed E-state index contributed by atoms with van der Waals surface area (Å²) in [5.74, 6) is -0.208. The predicted molar refractivity (Wildman–Crippen MR) is 81.9 cm³/mol. The summed E-state index contributed by atoms with van der Waals surface area (Å²) in [4.78, 5) is 26.0. The number of hydrogen-bond acceptors (Lipinski definition) is 3. The van der Waals surface area contributed by atoms with Crippen LogP contribution in [-0.4, -0.2) is 42.5 Å². The molecule has 5 heteroatoms. The fourth-order valence-corrected chi connectivity index (χ4v) is 3.09. The van der Waals surface area contributed by atoms with Gasteiger partial charge in [-0.05, 0) is 18.4 Å². The molecule has 22 heavy (non-hydrogen) atoms. The second kappa shape index (κ2) is 6.92. The lowest BCUT2D eigenvalue weighted by Crippen LogP contribution is -2.35. The lowest BCUT2D eigenvalue weighted by Gasteiger charge is -2.20. The van der Waals surface area contributed by atoms with Crippen LogP contribution >= 0.6 is 0 Å². The molecular formula is C17H22N2O3. The van der Waals surface area contributed by atoms with Gasteiger partial charge in [-0.1, -0.05) is 30.3 Å². The Morgan fingerprint density at radius 1 is 1.32 bits per heavy atom. The van der Waals surface area contributed by atoms with Crippen molar-refractivity contribution in [2.75, 3.05) is 19.7 Å². The van der Waals surface area contributed by atoms with Crippen LogP contribution in [0.1, 0.15) is 24.8 Å². The molecule has 2 heterocycles. The van der Waals surface area contributed by atoms with Crippen molar-refractivity contribution >= 4 is 11.8 Å². The van der Waals surface area contributed by atoms with Crippen molar-refractivity contribution in [2.24, 2.45) is 5.92 Å². The molecular weight excluding hydrogens is 280 g/mol. The van der Waals surface area contributed by atoms with Gasteiger partial charge in [0, 0.05) is 32.7 Å². The second-order valence-electron chi connectivity index (χ2n) is 6.04. The first kappa shape index (κ1) is 15.0. The zero-order valence-electron chi connectivity index (χ0n) is 12.7. The minimum atomic E-state index is -0.238. The van der Waals surface area contributed by atoms with Gasteiger partial charge in [0.15, 0.2) is 0 Å². The Kier molecular flexibility index (Phi) is 4.73. The highest BCUT2D eigenvalue weighted by atomic mass is 16.5. The average molecular weight is 302 g/mol. The third-order valence-electron chi connectivity index (χ3n) is 4.34. The molecule has 1 N–H and O–H groups in total. The van der Waals surface area contributed by atoms with Crippen LogP contribution in [-0.2, 0) is 20.9 Å². The minimum Gasteiger partial charge on any atom is -0.376 e. The van der Waals surface area contributed by atoms with Gasteiger partial charge in [-0.25, -0.2) is 0 Å². The first-order valence-corrected chi connectivity index (χ1v) is 7.93. The van der Waals surface area contributed by atoms with E-state index in [9.17, 15) is 9.59 Å². The Morgan fingerprint density at radius 2 is 2.14 bits per heavy atom. The average Bonchev–Trinajstić information content (AvgIpc) is 3.17. The second-order valence-corrected chi connectivity index (χ2v) is 6.04. The summed E-state index contributed by atoms with van der Waals surface area (Å²) in [5.41, 5.74) is 1.07. The van der Waals surface area contributed by atoms with Crippen molar-refractivity contribution in [1.82, 2.24) is 10.2 Å². The highest BCUT2D eigenvalue weighted by molar-refractivity contribution is 5.89. The van der Waals surface area contributed by atoms with Crippen LogP contribution in [0.4, 0.5) is 0 Å². The van der Waals surface area contributed by atoms with Gasteiger partial charge in [0.05, 0.1) is 12.0 Å². The number of ether oxygens (including phenoxy) is 1. The van der Waals surface area contributed by atoms with Crippen molar-refractivity contribution in [3.63, 3.8) is 0 Å². The van der Waals surface area contributed by atoms with E-state index in [0.717, 1.165) is 25.0 Å². The van der Waals surface area contributed by atoms with E-state index in [-0.39, 0.29) is 23.8 Å². The molecule has 1 aromatic carbocycles. The van der Waals surface area contributed by atoms with Crippen molar-refractivity contribution in [3.8, 4) is 0 Å². The van der Waals surface area contributed by atoms with Gasteiger partial charge in [0.25, 0.3) is 0 Å². The molecule has 118 valence electrons. The maximum atomic E-state index is 12.2. The van der Waals surface area contributed by atoms with Gasteiger partial charge in [-0.2, -0.15) is 0 Å². The molecule has 2 saturated heterocycles. The summed E-state index contributed by atoms with van der Waals surface area (Å²) in [6.45, 7) is 2.43. The third-order valence-corrected chi connectivity index (χ3v) is 4.34. The fraction of sp³-hybridized carbons (Fsp3) is 0.529. The first-order chi connectivity index (χ1) is 10.7. The Bertz CT molecular complexity index is 526. The highest BCUT2D eigenvalue weighted by Gasteiger charge is 2.35.